The van der Waals surface area contributed by atoms with Crippen LogP contribution >= 0.6 is 11.6 Å². The molecule has 0 spiro atoms. The summed E-state index contributed by atoms with van der Waals surface area (Å²) >= 11 is 5.74. The molecule has 1 rings (SSSR count). The smallest absolute Gasteiger partial charge is 0.230 e. The highest BCUT2D eigenvalue weighted by Crippen LogP contribution is 2.10. The van der Waals surface area contributed by atoms with Crippen LogP contribution in [-0.2, 0) is 10.0 Å². The fraction of sp³-hybridized carbons (Fsp3) is 0.625. The van der Waals surface area contributed by atoms with E-state index in [1.54, 1.807) is 19.0 Å². The number of hydrogen-bond acceptors (Lipinski definition) is 7. The standard InChI is InChI=1S/C8H15ClN6O2S/c1-15(2)8-13-6(9)12-7(14-8)10-4-5-11-18(3,16)17/h11H,4-5H2,1-3H3,(H,10,12,13,14). The quantitative estimate of drug-likeness (QED) is 0.686. The lowest BCUT2D eigenvalue weighted by molar-refractivity contribution is 0.589. The van der Waals surface area contributed by atoms with Crippen LogP contribution in [0.4, 0.5) is 11.9 Å². The number of rotatable bonds is 6. The fourth-order valence-corrected chi connectivity index (χ4v) is 1.66. The molecule has 0 aliphatic carbocycles. The number of hydrogen-bond donors (Lipinski definition) is 2. The number of sulfonamides is 1. The highest BCUT2D eigenvalue weighted by Gasteiger charge is 2.06. The van der Waals surface area contributed by atoms with Crippen LogP contribution in [-0.4, -0.2) is 56.8 Å². The Balaban J connectivity index is 2.57. The van der Waals surface area contributed by atoms with Gasteiger partial charge in [-0.3, -0.25) is 0 Å². The van der Waals surface area contributed by atoms with Crippen LogP contribution in [0.25, 0.3) is 0 Å². The predicted molar refractivity (Wildman–Crippen MR) is 70.5 cm³/mol. The fourth-order valence-electron chi connectivity index (χ4n) is 1.03. The third-order valence-corrected chi connectivity index (χ3v) is 2.67. The van der Waals surface area contributed by atoms with Crippen molar-refractivity contribution in [3.05, 3.63) is 5.28 Å². The molecule has 0 radical (unpaired) electrons. The molecule has 18 heavy (non-hydrogen) atoms. The Kier molecular flexibility index (Phi) is 5.05. The van der Waals surface area contributed by atoms with Crippen molar-refractivity contribution in [3.63, 3.8) is 0 Å². The predicted octanol–water partition coefficient (Wildman–Crippen LogP) is -0.448. The van der Waals surface area contributed by atoms with Crippen LogP contribution in [0.1, 0.15) is 0 Å². The second-order valence-corrected chi connectivity index (χ2v) is 5.89. The van der Waals surface area contributed by atoms with Gasteiger partial charge in [-0.1, -0.05) is 0 Å². The average Bonchev–Trinajstić information content (AvgIpc) is 2.22. The Hall–Kier alpha value is -1.19. The Bertz CT molecular complexity index is 506. The molecule has 10 heteroatoms. The molecule has 1 aromatic heterocycles. The van der Waals surface area contributed by atoms with Crippen LogP contribution < -0.4 is 14.9 Å². The average molecular weight is 295 g/mol. The molecule has 0 saturated carbocycles. The van der Waals surface area contributed by atoms with Crippen molar-refractivity contribution in [2.75, 3.05) is 43.7 Å². The molecule has 1 heterocycles. The molecule has 0 atom stereocenters. The molecule has 8 nitrogen and oxygen atoms in total. The molecule has 0 aromatic carbocycles. The summed E-state index contributed by atoms with van der Waals surface area (Å²) in [6.07, 6.45) is 1.09. The van der Waals surface area contributed by atoms with Gasteiger partial charge in [0.2, 0.25) is 27.2 Å². The monoisotopic (exact) mass is 294 g/mol. The SMILES string of the molecule is CN(C)c1nc(Cl)nc(NCCNS(C)(=O)=O)n1. The van der Waals surface area contributed by atoms with E-state index in [1.165, 1.54) is 0 Å². The van der Waals surface area contributed by atoms with Crippen molar-refractivity contribution in [3.8, 4) is 0 Å². The minimum Gasteiger partial charge on any atom is -0.353 e. The van der Waals surface area contributed by atoms with E-state index >= 15 is 0 Å². The van der Waals surface area contributed by atoms with Gasteiger partial charge in [0.25, 0.3) is 0 Å². The van der Waals surface area contributed by atoms with Crippen molar-refractivity contribution in [2.24, 2.45) is 0 Å². The largest absolute Gasteiger partial charge is 0.353 e. The van der Waals surface area contributed by atoms with Gasteiger partial charge in [-0.15, -0.1) is 0 Å². The van der Waals surface area contributed by atoms with Gasteiger partial charge in [-0.25, -0.2) is 13.1 Å². The molecule has 0 bridgehead atoms. The molecule has 0 aliphatic rings. The van der Waals surface area contributed by atoms with Gasteiger partial charge in [0.15, 0.2) is 0 Å². The van der Waals surface area contributed by atoms with E-state index < -0.39 is 10.0 Å². The molecule has 1 aromatic rings. The summed E-state index contributed by atoms with van der Waals surface area (Å²) in [6, 6.07) is 0. The molecule has 0 amide bonds. The van der Waals surface area contributed by atoms with E-state index in [4.69, 9.17) is 11.6 Å². The number of nitrogens with zero attached hydrogens (tertiary/aromatic N) is 4. The van der Waals surface area contributed by atoms with Crippen LogP contribution in [0.5, 0.6) is 0 Å². The van der Waals surface area contributed by atoms with Gasteiger partial charge in [0.05, 0.1) is 6.26 Å². The van der Waals surface area contributed by atoms with Gasteiger partial charge in [0, 0.05) is 27.2 Å². The number of nitrogens with one attached hydrogen (secondary N) is 2. The molecule has 0 aliphatic heterocycles. The zero-order valence-electron chi connectivity index (χ0n) is 10.3. The minimum absolute atomic E-state index is 0.0762. The number of halogens is 1. The third kappa shape index (κ3) is 5.43. The normalized spacial score (nSPS) is 11.3. The van der Waals surface area contributed by atoms with E-state index in [9.17, 15) is 8.42 Å². The van der Waals surface area contributed by atoms with E-state index in [2.05, 4.69) is 25.0 Å². The molecule has 0 fully saturated rings. The number of aromatic nitrogens is 3. The van der Waals surface area contributed by atoms with Gasteiger partial charge in [-0.2, -0.15) is 15.0 Å². The van der Waals surface area contributed by atoms with E-state index in [-0.39, 0.29) is 11.8 Å². The number of anilines is 2. The summed E-state index contributed by atoms with van der Waals surface area (Å²) in [5, 5.41) is 2.93. The van der Waals surface area contributed by atoms with Crippen molar-refractivity contribution in [2.45, 2.75) is 0 Å². The van der Waals surface area contributed by atoms with Crippen LogP contribution in [0, 0.1) is 0 Å². The van der Waals surface area contributed by atoms with Crippen molar-refractivity contribution < 1.29 is 8.42 Å². The van der Waals surface area contributed by atoms with Crippen LogP contribution in [0.2, 0.25) is 5.28 Å². The van der Waals surface area contributed by atoms with Crippen molar-refractivity contribution >= 4 is 33.5 Å². The van der Waals surface area contributed by atoms with Gasteiger partial charge >= 0.3 is 0 Å². The maximum absolute atomic E-state index is 10.8. The van der Waals surface area contributed by atoms with Crippen molar-refractivity contribution in [1.29, 1.82) is 0 Å². The summed E-state index contributed by atoms with van der Waals surface area (Å²) in [6.45, 7) is 0.583. The lowest BCUT2D eigenvalue weighted by Gasteiger charge is -2.11. The first-order valence-electron chi connectivity index (χ1n) is 5.05. The maximum atomic E-state index is 10.8. The second kappa shape index (κ2) is 6.12. The Labute approximate surface area is 111 Å². The molecular weight excluding hydrogens is 280 g/mol. The summed E-state index contributed by atoms with van der Waals surface area (Å²) in [7, 11) is 0.371. The maximum Gasteiger partial charge on any atom is 0.230 e. The second-order valence-electron chi connectivity index (χ2n) is 3.72. The molecule has 2 N–H and O–H groups in total. The lowest BCUT2D eigenvalue weighted by Crippen LogP contribution is -2.28. The Morgan fingerprint density at radius 3 is 2.44 bits per heavy atom. The first-order chi connectivity index (χ1) is 8.28. The van der Waals surface area contributed by atoms with E-state index in [1.807, 2.05) is 0 Å². The summed E-state index contributed by atoms with van der Waals surface area (Å²) in [4.78, 5) is 13.6. The van der Waals surface area contributed by atoms with Gasteiger partial charge in [0.1, 0.15) is 0 Å². The van der Waals surface area contributed by atoms with E-state index in [0.717, 1.165) is 6.26 Å². The highest BCUT2D eigenvalue weighted by molar-refractivity contribution is 7.88. The zero-order valence-corrected chi connectivity index (χ0v) is 11.9. The molecule has 0 unspecified atom stereocenters. The van der Waals surface area contributed by atoms with Gasteiger partial charge < -0.3 is 10.2 Å². The third-order valence-electron chi connectivity index (χ3n) is 1.77. The molecular formula is C8H15ClN6O2S. The van der Waals surface area contributed by atoms with Crippen LogP contribution in [0.15, 0.2) is 0 Å². The van der Waals surface area contributed by atoms with Gasteiger partial charge in [-0.05, 0) is 11.6 Å². The van der Waals surface area contributed by atoms with E-state index in [0.29, 0.717) is 18.4 Å². The van der Waals surface area contributed by atoms with Crippen molar-refractivity contribution in [1.82, 2.24) is 19.7 Å². The highest BCUT2D eigenvalue weighted by atomic mass is 35.5. The zero-order chi connectivity index (χ0) is 13.8. The summed E-state index contributed by atoms with van der Waals surface area (Å²) in [5.74, 6) is 0.725. The summed E-state index contributed by atoms with van der Waals surface area (Å²) in [5.41, 5.74) is 0. The summed E-state index contributed by atoms with van der Waals surface area (Å²) < 4.78 is 24.0. The first kappa shape index (κ1) is 14.9. The molecule has 0 saturated heterocycles. The lowest BCUT2D eigenvalue weighted by atomic mass is 10.6. The topological polar surface area (TPSA) is 100 Å². The minimum atomic E-state index is -3.19. The van der Waals surface area contributed by atoms with Crippen LogP contribution in [0.3, 0.4) is 0 Å². The first-order valence-corrected chi connectivity index (χ1v) is 7.32. The molecule has 102 valence electrons. The Morgan fingerprint density at radius 2 is 1.89 bits per heavy atom. The Morgan fingerprint density at radius 1 is 1.22 bits per heavy atom.